The van der Waals surface area contributed by atoms with Crippen molar-refractivity contribution in [2.45, 2.75) is 26.8 Å². The lowest BCUT2D eigenvalue weighted by atomic mass is 10.1. The number of para-hydroxylation sites is 1. The number of amides is 1. The third-order valence-corrected chi connectivity index (χ3v) is 5.62. The Morgan fingerprint density at radius 2 is 1.75 bits per heavy atom. The number of hydrogen-bond acceptors (Lipinski definition) is 2. The van der Waals surface area contributed by atoms with Gasteiger partial charge in [0.25, 0.3) is 5.91 Å². The topological polar surface area (TPSA) is 61.8 Å². The molecule has 0 saturated carbocycles. The summed E-state index contributed by atoms with van der Waals surface area (Å²) in [5, 5.41) is 12.0. The van der Waals surface area contributed by atoms with Crippen LogP contribution in [-0.2, 0) is 17.8 Å². The maximum absolute atomic E-state index is 12.6. The molecular formula is C23H30N4O+2. The molecule has 1 heterocycles. The summed E-state index contributed by atoms with van der Waals surface area (Å²) in [4.78, 5) is 15.5. The van der Waals surface area contributed by atoms with Crippen molar-refractivity contribution in [1.82, 2.24) is 0 Å². The fourth-order valence-electron chi connectivity index (χ4n) is 3.91. The van der Waals surface area contributed by atoms with E-state index >= 15 is 0 Å². The standard InChI is InChI=1S/C23H28N4O/c1-3-21-6-4-5-18(2)23(21)25-22(28)17-27-13-11-26(12-14-27)16-20-9-7-19(15-24)8-10-20/h4-10H,3,11-14,16-17H2,1-2H3,(H,25,28)/p+2. The highest BCUT2D eigenvalue weighted by Crippen LogP contribution is 2.20. The Morgan fingerprint density at radius 1 is 1.07 bits per heavy atom. The van der Waals surface area contributed by atoms with Crippen LogP contribution in [0.5, 0.6) is 0 Å². The molecule has 1 saturated heterocycles. The Balaban J connectivity index is 1.47. The molecule has 5 heteroatoms. The second kappa shape index (κ2) is 9.50. The number of aryl methyl sites for hydroxylation is 2. The number of carbonyl (C=O) groups is 1. The molecule has 146 valence electrons. The van der Waals surface area contributed by atoms with Gasteiger partial charge in [-0.25, -0.2) is 0 Å². The number of quaternary nitrogens is 2. The lowest BCUT2D eigenvalue weighted by Gasteiger charge is -2.29. The third kappa shape index (κ3) is 5.19. The van der Waals surface area contributed by atoms with Crippen LogP contribution in [0.25, 0.3) is 0 Å². The quantitative estimate of drug-likeness (QED) is 0.679. The number of carbonyl (C=O) groups excluding carboxylic acids is 1. The Morgan fingerprint density at radius 3 is 2.39 bits per heavy atom. The van der Waals surface area contributed by atoms with Crippen molar-refractivity contribution < 1.29 is 14.6 Å². The van der Waals surface area contributed by atoms with Crippen molar-refractivity contribution in [2.24, 2.45) is 0 Å². The Bertz CT molecular complexity index is 846. The zero-order valence-corrected chi connectivity index (χ0v) is 16.8. The number of anilines is 1. The van der Waals surface area contributed by atoms with Crippen LogP contribution in [0.2, 0.25) is 0 Å². The van der Waals surface area contributed by atoms with Crippen LogP contribution < -0.4 is 15.1 Å². The molecule has 3 N–H and O–H groups in total. The molecule has 0 atom stereocenters. The van der Waals surface area contributed by atoms with Crippen molar-refractivity contribution >= 4 is 11.6 Å². The summed E-state index contributed by atoms with van der Waals surface area (Å²) >= 11 is 0. The fraction of sp³-hybridized carbons (Fsp3) is 0.391. The van der Waals surface area contributed by atoms with Gasteiger partial charge in [0.1, 0.15) is 32.7 Å². The summed E-state index contributed by atoms with van der Waals surface area (Å²) in [5.41, 5.74) is 5.28. The molecule has 1 amide bonds. The lowest BCUT2D eigenvalue weighted by Crippen LogP contribution is -3.28. The molecule has 0 aliphatic carbocycles. The molecule has 1 aliphatic heterocycles. The van der Waals surface area contributed by atoms with Gasteiger partial charge in [-0.15, -0.1) is 0 Å². The molecular weight excluding hydrogens is 348 g/mol. The zero-order chi connectivity index (χ0) is 19.9. The Kier molecular flexibility index (Phi) is 6.80. The predicted molar refractivity (Wildman–Crippen MR) is 110 cm³/mol. The summed E-state index contributed by atoms with van der Waals surface area (Å²) in [5.74, 6) is 0.106. The van der Waals surface area contributed by atoms with Crippen molar-refractivity contribution in [3.8, 4) is 6.07 Å². The first kappa shape index (κ1) is 20.1. The van der Waals surface area contributed by atoms with Crippen LogP contribution in [0.4, 0.5) is 5.69 Å². The number of benzene rings is 2. The van der Waals surface area contributed by atoms with Crippen molar-refractivity contribution in [2.75, 3.05) is 38.0 Å². The van der Waals surface area contributed by atoms with Crippen molar-refractivity contribution in [3.05, 3.63) is 64.7 Å². The van der Waals surface area contributed by atoms with Gasteiger partial charge in [0, 0.05) is 11.3 Å². The number of nitrogens with one attached hydrogen (secondary N) is 3. The number of hydrogen-bond donors (Lipinski definition) is 3. The first-order valence-electron chi connectivity index (χ1n) is 10.1. The number of nitrogens with zero attached hydrogens (tertiary/aromatic N) is 1. The molecule has 0 unspecified atom stereocenters. The Labute approximate surface area is 167 Å². The fourth-order valence-corrected chi connectivity index (χ4v) is 3.91. The largest absolute Gasteiger partial charge is 0.322 e. The van der Waals surface area contributed by atoms with Gasteiger partial charge in [-0.05, 0) is 36.6 Å². The second-order valence-corrected chi connectivity index (χ2v) is 7.67. The number of piperazine rings is 1. The van der Waals surface area contributed by atoms with E-state index in [2.05, 4.69) is 24.4 Å². The van der Waals surface area contributed by atoms with Gasteiger partial charge in [-0.1, -0.05) is 37.3 Å². The first-order valence-corrected chi connectivity index (χ1v) is 10.1. The van der Waals surface area contributed by atoms with E-state index < -0.39 is 0 Å². The predicted octanol–water partition coefficient (Wildman–Crippen LogP) is 0.351. The molecule has 0 bridgehead atoms. The average molecular weight is 379 g/mol. The molecule has 2 aromatic rings. The summed E-state index contributed by atoms with van der Waals surface area (Å²) < 4.78 is 0. The molecule has 5 nitrogen and oxygen atoms in total. The minimum atomic E-state index is 0.106. The zero-order valence-electron chi connectivity index (χ0n) is 16.8. The Hall–Kier alpha value is -2.68. The second-order valence-electron chi connectivity index (χ2n) is 7.67. The van der Waals surface area contributed by atoms with Crippen LogP contribution in [0.1, 0.15) is 29.2 Å². The normalized spacial score (nSPS) is 19.0. The number of nitriles is 1. The van der Waals surface area contributed by atoms with Crippen LogP contribution in [0.15, 0.2) is 42.5 Å². The third-order valence-electron chi connectivity index (χ3n) is 5.62. The van der Waals surface area contributed by atoms with Gasteiger partial charge in [0.05, 0.1) is 11.6 Å². The van der Waals surface area contributed by atoms with E-state index in [1.165, 1.54) is 16.0 Å². The molecule has 1 aliphatic rings. The molecule has 0 radical (unpaired) electrons. The van der Waals surface area contributed by atoms with Crippen LogP contribution in [0.3, 0.4) is 0 Å². The number of rotatable bonds is 6. The van der Waals surface area contributed by atoms with Gasteiger partial charge < -0.3 is 15.1 Å². The highest BCUT2D eigenvalue weighted by atomic mass is 16.2. The molecule has 2 aromatic carbocycles. The van der Waals surface area contributed by atoms with Gasteiger partial charge in [0.15, 0.2) is 6.54 Å². The molecule has 1 fully saturated rings. The smallest absolute Gasteiger partial charge is 0.279 e. The van der Waals surface area contributed by atoms with Gasteiger partial charge in [-0.3, -0.25) is 4.79 Å². The van der Waals surface area contributed by atoms with Gasteiger partial charge in [-0.2, -0.15) is 5.26 Å². The van der Waals surface area contributed by atoms with Crippen molar-refractivity contribution in [3.63, 3.8) is 0 Å². The monoisotopic (exact) mass is 378 g/mol. The van der Waals surface area contributed by atoms with E-state index in [1.54, 1.807) is 4.90 Å². The highest BCUT2D eigenvalue weighted by molar-refractivity contribution is 5.93. The van der Waals surface area contributed by atoms with E-state index in [9.17, 15) is 4.79 Å². The molecule has 0 aromatic heterocycles. The van der Waals surface area contributed by atoms with E-state index in [0.717, 1.165) is 50.4 Å². The molecule has 0 spiro atoms. The average Bonchev–Trinajstić information content (AvgIpc) is 2.71. The SMILES string of the molecule is CCc1cccc(C)c1NC(=O)C[NH+]1CC[NH+](Cc2ccc(C#N)cc2)CC1. The van der Waals surface area contributed by atoms with Crippen molar-refractivity contribution in [1.29, 1.82) is 5.26 Å². The first-order chi connectivity index (χ1) is 13.6. The van der Waals surface area contributed by atoms with Crippen LogP contribution >= 0.6 is 0 Å². The van der Waals surface area contributed by atoms with Gasteiger partial charge >= 0.3 is 0 Å². The van der Waals surface area contributed by atoms with E-state index in [4.69, 9.17) is 5.26 Å². The van der Waals surface area contributed by atoms with E-state index in [-0.39, 0.29) is 5.91 Å². The summed E-state index contributed by atoms with van der Waals surface area (Å²) in [6.45, 7) is 9.82. The summed E-state index contributed by atoms with van der Waals surface area (Å²) in [6.07, 6.45) is 0.918. The minimum Gasteiger partial charge on any atom is -0.322 e. The molecule has 3 rings (SSSR count). The van der Waals surface area contributed by atoms with E-state index in [1.807, 2.05) is 43.3 Å². The lowest BCUT2D eigenvalue weighted by molar-refractivity contribution is -1.02. The highest BCUT2D eigenvalue weighted by Gasteiger charge is 2.25. The minimum absolute atomic E-state index is 0.106. The van der Waals surface area contributed by atoms with Gasteiger partial charge in [0.2, 0.25) is 0 Å². The summed E-state index contributed by atoms with van der Waals surface area (Å²) in [6, 6.07) is 16.2. The summed E-state index contributed by atoms with van der Waals surface area (Å²) in [7, 11) is 0. The maximum atomic E-state index is 12.6. The van der Waals surface area contributed by atoms with Crippen LogP contribution in [0, 0.1) is 18.3 Å². The van der Waals surface area contributed by atoms with Crippen LogP contribution in [-0.4, -0.2) is 38.6 Å². The van der Waals surface area contributed by atoms with E-state index in [0.29, 0.717) is 12.1 Å². The molecule has 28 heavy (non-hydrogen) atoms. The maximum Gasteiger partial charge on any atom is 0.279 e.